The summed E-state index contributed by atoms with van der Waals surface area (Å²) in [7, 11) is 0. The second kappa shape index (κ2) is 7.09. The maximum atomic E-state index is 10.7. The van der Waals surface area contributed by atoms with Crippen LogP contribution in [0.4, 0.5) is 0 Å². The van der Waals surface area contributed by atoms with E-state index >= 15 is 0 Å². The van der Waals surface area contributed by atoms with Crippen LogP contribution in [0.5, 0.6) is 0 Å². The van der Waals surface area contributed by atoms with Crippen LogP contribution in [0.3, 0.4) is 0 Å². The van der Waals surface area contributed by atoms with E-state index in [2.05, 4.69) is 17.9 Å². The zero-order valence-electron chi connectivity index (χ0n) is 11.5. The Balaban J connectivity index is 2.69. The summed E-state index contributed by atoms with van der Waals surface area (Å²) in [5.74, 6) is 0.00469. The van der Waals surface area contributed by atoms with E-state index in [4.69, 9.17) is 9.84 Å². The van der Waals surface area contributed by atoms with E-state index in [1.807, 2.05) is 13.8 Å². The van der Waals surface area contributed by atoms with Gasteiger partial charge in [0.2, 0.25) is 0 Å². The first kappa shape index (κ1) is 14.6. The standard InChI is InChI=1S/C14H23NO3/c1-4-5-6-7-13-15(8-9-18-13)12(3)11(2)10-14(16)17/h7,10,12H,4-6,8-9H2,1-3H3,(H,16,17)/b11-10+,13-7-. The molecule has 1 atom stereocenters. The summed E-state index contributed by atoms with van der Waals surface area (Å²) in [5.41, 5.74) is 0.842. The van der Waals surface area contributed by atoms with E-state index in [0.717, 1.165) is 37.3 Å². The molecule has 0 spiro atoms. The summed E-state index contributed by atoms with van der Waals surface area (Å²) in [6.45, 7) is 7.53. The molecule has 0 aromatic carbocycles. The minimum absolute atomic E-state index is 0.0662. The highest BCUT2D eigenvalue weighted by Gasteiger charge is 2.24. The number of hydrogen-bond acceptors (Lipinski definition) is 3. The van der Waals surface area contributed by atoms with Gasteiger partial charge in [-0.05, 0) is 38.3 Å². The van der Waals surface area contributed by atoms with Crippen LogP contribution >= 0.6 is 0 Å². The second-order valence-corrected chi connectivity index (χ2v) is 4.63. The Bertz CT molecular complexity index is 347. The van der Waals surface area contributed by atoms with Gasteiger partial charge >= 0.3 is 5.97 Å². The Morgan fingerprint density at radius 2 is 2.33 bits per heavy atom. The molecule has 0 aliphatic carbocycles. The van der Waals surface area contributed by atoms with E-state index in [1.165, 1.54) is 6.08 Å². The predicted octanol–water partition coefficient (Wildman–Crippen LogP) is 2.77. The summed E-state index contributed by atoms with van der Waals surface area (Å²) in [6.07, 6.45) is 6.71. The molecule has 1 rings (SSSR count). The van der Waals surface area contributed by atoms with Gasteiger partial charge in [0, 0.05) is 6.08 Å². The Morgan fingerprint density at radius 3 is 2.94 bits per heavy atom. The van der Waals surface area contributed by atoms with Gasteiger partial charge in [0.25, 0.3) is 0 Å². The molecule has 1 N–H and O–H groups in total. The van der Waals surface area contributed by atoms with Crippen molar-refractivity contribution in [3.63, 3.8) is 0 Å². The van der Waals surface area contributed by atoms with Crippen molar-refractivity contribution in [1.29, 1.82) is 0 Å². The Kier molecular flexibility index (Phi) is 5.75. The smallest absolute Gasteiger partial charge is 0.328 e. The molecule has 4 heteroatoms. The lowest BCUT2D eigenvalue weighted by atomic mass is 10.1. The molecule has 1 heterocycles. The van der Waals surface area contributed by atoms with Gasteiger partial charge in [0.05, 0.1) is 12.6 Å². The average Bonchev–Trinajstić information content (AvgIpc) is 2.75. The number of nitrogens with zero attached hydrogens (tertiary/aromatic N) is 1. The minimum Gasteiger partial charge on any atom is -0.478 e. The fraction of sp³-hybridized carbons (Fsp3) is 0.643. The summed E-state index contributed by atoms with van der Waals surface area (Å²) >= 11 is 0. The number of carboxylic acid groups (broad SMARTS) is 1. The summed E-state index contributed by atoms with van der Waals surface area (Å²) in [6, 6.07) is 0.0662. The third kappa shape index (κ3) is 4.09. The monoisotopic (exact) mass is 253 g/mol. The van der Waals surface area contributed by atoms with Gasteiger partial charge in [-0.1, -0.05) is 13.3 Å². The highest BCUT2D eigenvalue weighted by atomic mass is 16.5. The van der Waals surface area contributed by atoms with Crippen LogP contribution in [-0.4, -0.2) is 35.2 Å². The van der Waals surface area contributed by atoms with E-state index in [0.29, 0.717) is 6.61 Å². The molecule has 0 saturated carbocycles. The first-order chi connectivity index (χ1) is 8.56. The molecular weight excluding hydrogens is 230 g/mol. The van der Waals surface area contributed by atoms with Gasteiger partial charge < -0.3 is 14.7 Å². The van der Waals surface area contributed by atoms with Crippen molar-refractivity contribution in [2.75, 3.05) is 13.2 Å². The fourth-order valence-corrected chi connectivity index (χ4v) is 1.99. The van der Waals surface area contributed by atoms with Crippen LogP contribution in [0.25, 0.3) is 0 Å². The second-order valence-electron chi connectivity index (χ2n) is 4.63. The van der Waals surface area contributed by atoms with E-state index in [-0.39, 0.29) is 6.04 Å². The highest BCUT2D eigenvalue weighted by Crippen LogP contribution is 2.22. The van der Waals surface area contributed by atoms with Crippen LogP contribution < -0.4 is 0 Å². The Labute approximate surface area is 109 Å². The van der Waals surface area contributed by atoms with Crippen molar-refractivity contribution in [2.24, 2.45) is 0 Å². The maximum absolute atomic E-state index is 10.7. The van der Waals surface area contributed by atoms with Gasteiger partial charge in [0.15, 0.2) is 5.88 Å². The first-order valence-corrected chi connectivity index (χ1v) is 6.57. The van der Waals surface area contributed by atoms with Gasteiger partial charge in [-0.2, -0.15) is 0 Å². The van der Waals surface area contributed by atoms with Crippen molar-refractivity contribution in [2.45, 2.75) is 46.1 Å². The molecule has 1 fully saturated rings. The molecule has 0 radical (unpaired) electrons. The molecule has 102 valence electrons. The zero-order valence-corrected chi connectivity index (χ0v) is 11.5. The van der Waals surface area contributed by atoms with Gasteiger partial charge in [0.1, 0.15) is 6.61 Å². The fourth-order valence-electron chi connectivity index (χ4n) is 1.99. The molecule has 0 bridgehead atoms. The lowest BCUT2D eigenvalue weighted by Crippen LogP contribution is -2.30. The van der Waals surface area contributed by atoms with Crippen molar-refractivity contribution in [3.05, 3.63) is 23.6 Å². The number of carboxylic acids is 1. The third-order valence-corrected chi connectivity index (χ3v) is 3.22. The predicted molar refractivity (Wildman–Crippen MR) is 71.1 cm³/mol. The quantitative estimate of drug-likeness (QED) is 0.584. The van der Waals surface area contributed by atoms with Gasteiger partial charge in [-0.25, -0.2) is 4.79 Å². The SMILES string of the molecule is CCCC/C=C1\OCCN1C(C)/C(C)=C/C(=O)O. The number of unbranched alkanes of at least 4 members (excludes halogenated alkanes) is 2. The summed E-state index contributed by atoms with van der Waals surface area (Å²) < 4.78 is 5.60. The molecule has 18 heavy (non-hydrogen) atoms. The lowest BCUT2D eigenvalue weighted by molar-refractivity contribution is -0.131. The van der Waals surface area contributed by atoms with E-state index in [1.54, 1.807) is 0 Å². The molecular formula is C14H23NO3. The van der Waals surface area contributed by atoms with Crippen LogP contribution in [0.2, 0.25) is 0 Å². The van der Waals surface area contributed by atoms with Crippen LogP contribution in [0.15, 0.2) is 23.6 Å². The lowest BCUT2D eigenvalue weighted by Gasteiger charge is -2.26. The number of ether oxygens (including phenoxy) is 1. The number of aliphatic carboxylic acids is 1. The van der Waals surface area contributed by atoms with E-state index < -0.39 is 5.97 Å². The summed E-state index contributed by atoms with van der Waals surface area (Å²) in [4.78, 5) is 12.8. The summed E-state index contributed by atoms with van der Waals surface area (Å²) in [5, 5.41) is 8.77. The number of hydrogen-bond donors (Lipinski definition) is 1. The molecule has 0 amide bonds. The van der Waals surface area contributed by atoms with Crippen LogP contribution in [-0.2, 0) is 9.53 Å². The maximum Gasteiger partial charge on any atom is 0.328 e. The number of allylic oxidation sites excluding steroid dienone is 1. The zero-order chi connectivity index (χ0) is 13.5. The third-order valence-electron chi connectivity index (χ3n) is 3.22. The molecule has 1 unspecified atom stereocenters. The molecule has 0 aromatic heterocycles. The molecule has 1 aliphatic heterocycles. The van der Waals surface area contributed by atoms with Crippen molar-refractivity contribution in [3.8, 4) is 0 Å². The molecule has 0 aromatic rings. The first-order valence-electron chi connectivity index (χ1n) is 6.57. The Hall–Kier alpha value is -1.45. The van der Waals surface area contributed by atoms with Crippen molar-refractivity contribution >= 4 is 5.97 Å². The highest BCUT2D eigenvalue weighted by molar-refractivity contribution is 5.80. The van der Waals surface area contributed by atoms with Crippen LogP contribution in [0.1, 0.15) is 40.0 Å². The van der Waals surface area contributed by atoms with E-state index in [9.17, 15) is 4.79 Å². The van der Waals surface area contributed by atoms with Crippen LogP contribution in [0, 0.1) is 0 Å². The van der Waals surface area contributed by atoms with Crippen molar-refractivity contribution < 1.29 is 14.6 Å². The molecule has 4 nitrogen and oxygen atoms in total. The topological polar surface area (TPSA) is 49.8 Å². The average molecular weight is 253 g/mol. The largest absolute Gasteiger partial charge is 0.478 e. The minimum atomic E-state index is -0.893. The molecule has 1 saturated heterocycles. The number of rotatable bonds is 6. The number of carbonyl (C=O) groups is 1. The van der Waals surface area contributed by atoms with Gasteiger partial charge in [-0.15, -0.1) is 0 Å². The van der Waals surface area contributed by atoms with Crippen molar-refractivity contribution in [1.82, 2.24) is 4.90 Å². The molecule has 1 aliphatic rings. The normalized spacial score (nSPS) is 20.1. The van der Waals surface area contributed by atoms with Gasteiger partial charge in [-0.3, -0.25) is 0 Å². The Morgan fingerprint density at radius 1 is 1.61 bits per heavy atom.